The first-order chi connectivity index (χ1) is 13.7. The fourth-order valence-corrected chi connectivity index (χ4v) is 4.20. The van der Waals surface area contributed by atoms with Crippen molar-refractivity contribution in [3.05, 3.63) is 29.9 Å². The molecule has 1 aliphatic carbocycles. The Hall–Kier alpha value is -2.22. The van der Waals surface area contributed by atoms with Gasteiger partial charge >= 0.3 is 0 Å². The number of carbonyl (C=O) groups is 1. The summed E-state index contributed by atoms with van der Waals surface area (Å²) in [6.07, 6.45) is 12.1. The summed E-state index contributed by atoms with van der Waals surface area (Å²) in [4.78, 5) is 23.5. The van der Waals surface area contributed by atoms with Crippen LogP contribution >= 0.6 is 0 Å². The number of likely N-dealkylation sites (tertiary alicyclic amines) is 1. The lowest BCUT2D eigenvalue weighted by molar-refractivity contribution is 0.0556. The molecule has 0 radical (unpaired) electrons. The number of aromatic nitrogens is 4. The van der Waals surface area contributed by atoms with E-state index in [9.17, 15) is 4.79 Å². The van der Waals surface area contributed by atoms with E-state index in [1.54, 1.807) is 17.1 Å². The fourth-order valence-electron chi connectivity index (χ4n) is 4.20. The summed E-state index contributed by atoms with van der Waals surface area (Å²) in [7, 11) is 1.86. The van der Waals surface area contributed by atoms with Gasteiger partial charge in [0.2, 0.25) is 5.89 Å². The molecule has 8 nitrogen and oxygen atoms in total. The second kappa shape index (κ2) is 8.86. The van der Waals surface area contributed by atoms with E-state index in [1.807, 2.05) is 11.9 Å². The van der Waals surface area contributed by atoms with Gasteiger partial charge in [-0.2, -0.15) is 4.98 Å². The summed E-state index contributed by atoms with van der Waals surface area (Å²) in [5.74, 6) is 1.81. The van der Waals surface area contributed by atoms with Crippen LogP contribution in [0.2, 0.25) is 0 Å². The predicted octanol–water partition coefficient (Wildman–Crippen LogP) is 2.92. The van der Waals surface area contributed by atoms with Gasteiger partial charge in [-0.3, -0.25) is 4.79 Å². The van der Waals surface area contributed by atoms with Crippen LogP contribution in [0.3, 0.4) is 0 Å². The molecule has 0 N–H and O–H groups in total. The monoisotopic (exact) mass is 387 g/mol. The molecule has 8 heteroatoms. The molecule has 152 valence electrons. The first kappa shape index (κ1) is 19.1. The maximum absolute atomic E-state index is 12.9. The molecule has 2 fully saturated rings. The number of aryl methyl sites for hydroxylation is 1. The van der Waals surface area contributed by atoms with Crippen molar-refractivity contribution in [2.75, 3.05) is 19.8 Å². The third-order valence-corrected chi connectivity index (χ3v) is 5.75. The zero-order chi connectivity index (χ0) is 19.3. The highest BCUT2D eigenvalue weighted by Crippen LogP contribution is 2.31. The van der Waals surface area contributed by atoms with Crippen molar-refractivity contribution < 1.29 is 14.1 Å². The van der Waals surface area contributed by atoms with E-state index >= 15 is 0 Å². The number of ether oxygens (including phenoxy) is 1. The van der Waals surface area contributed by atoms with Crippen LogP contribution in [-0.4, -0.2) is 50.3 Å². The van der Waals surface area contributed by atoms with Crippen molar-refractivity contribution in [1.29, 1.82) is 0 Å². The van der Waals surface area contributed by atoms with E-state index in [2.05, 4.69) is 15.1 Å². The van der Waals surface area contributed by atoms with Gasteiger partial charge in [0, 0.05) is 32.8 Å². The third-order valence-electron chi connectivity index (χ3n) is 5.75. The SMILES string of the molecule is Cn1cnc(C(=O)N2CCCCC2c2nc(CCOCC3CCCC3)no2)c1. The van der Waals surface area contributed by atoms with Crippen molar-refractivity contribution in [2.45, 2.75) is 57.4 Å². The number of piperidine rings is 1. The van der Waals surface area contributed by atoms with Crippen molar-refractivity contribution in [3.8, 4) is 0 Å². The van der Waals surface area contributed by atoms with Crippen LogP contribution < -0.4 is 0 Å². The Morgan fingerprint density at radius 3 is 2.86 bits per heavy atom. The minimum Gasteiger partial charge on any atom is -0.381 e. The molecule has 0 aromatic carbocycles. The molecule has 1 unspecified atom stereocenters. The first-order valence-corrected chi connectivity index (χ1v) is 10.4. The van der Waals surface area contributed by atoms with Crippen molar-refractivity contribution in [3.63, 3.8) is 0 Å². The largest absolute Gasteiger partial charge is 0.381 e. The van der Waals surface area contributed by atoms with Gasteiger partial charge in [0.05, 0.1) is 12.9 Å². The average Bonchev–Trinajstić information content (AvgIpc) is 3.47. The molecule has 1 amide bonds. The molecule has 1 saturated carbocycles. The van der Waals surface area contributed by atoms with Crippen LogP contribution in [0.25, 0.3) is 0 Å². The maximum Gasteiger partial charge on any atom is 0.274 e. The van der Waals surface area contributed by atoms with E-state index in [-0.39, 0.29) is 11.9 Å². The van der Waals surface area contributed by atoms with Crippen molar-refractivity contribution >= 4 is 5.91 Å². The van der Waals surface area contributed by atoms with Crippen molar-refractivity contribution in [1.82, 2.24) is 24.6 Å². The lowest BCUT2D eigenvalue weighted by Gasteiger charge is -2.32. The number of hydrogen-bond donors (Lipinski definition) is 0. The number of hydrogen-bond acceptors (Lipinski definition) is 6. The number of amides is 1. The Bertz CT molecular complexity index is 780. The van der Waals surface area contributed by atoms with Gasteiger partial charge < -0.3 is 18.7 Å². The lowest BCUT2D eigenvalue weighted by Crippen LogP contribution is -2.38. The molecule has 2 aromatic heterocycles. The quantitative estimate of drug-likeness (QED) is 0.679. The average molecular weight is 387 g/mol. The molecule has 0 spiro atoms. The van der Waals surface area contributed by atoms with E-state index in [0.29, 0.717) is 42.9 Å². The lowest BCUT2D eigenvalue weighted by atomic mass is 10.0. The Labute approximate surface area is 165 Å². The van der Waals surface area contributed by atoms with Gasteiger partial charge in [-0.1, -0.05) is 18.0 Å². The summed E-state index contributed by atoms with van der Waals surface area (Å²) in [6, 6.07) is -0.177. The zero-order valence-electron chi connectivity index (χ0n) is 16.5. The summed E-state index contributed by atoms with van der Waals surface area (Å²) in [5, 5.41) is 4.11. The number of imidazole rings is 1. The molecule has 0 bridgehead atoms. The van der Waals surface area contributed by atoms with Crippen LogP contribution in [0.5, 0.6) is 0 Å². The maximum atomic E-state index is 12.9. The topological polar surface area (TPSA) is 86.3 Å². The Morgan fingerprint density at radius 1 is 1.25 bits per heavy atom. The van der Waals surface area contributed by atoms with E-state index in [1.165, 1.54) is 25.7 Å². The Balaban J connectivity index is 1.34. The van der Waals surface area contributed by atoms with E-state index in [0.717, 1.165) is 25.9 Å². The second-order valence-electron chi connectivity index (χ2n) is 7.96. The zero-order valence-corrected chi connectivity index (χ0v) is 16.5. The smallest absolute Gasteiger partial charge is 0.274 e. The summed E-state index contributed by atoms with van der Waals surface area (Å²) in [6.45, 7) is 2.12. The van der Waals surface area contributed by atoms with Crippen LogP contribution in [0, 0.1) is 5.92 Å². The van der Waals surface area contributed by atoms with E-state index in [4.69, 9.17) is 9.26 Å². The molecule has 2 aliphatic rings. The summed E-state index contributed by atoms with van der Waals surface area (Å²) in [5.41, 5.74) is 0.453. The van der Waals surface area contributed by atoms with Gasteiger partial charge in [-0.05, 0) is 38.0 Å². The van der Waals surface area contributed by atoms with Crippen LogP contribution in [0.4, 0.5) is 0 Å². The fraction of sp³-hybridized carbons (Fsp3) is 0.700. The highest BCUT2D eigenvalue weighted by molar-refractivity contribution is 5.92. The molecule has 3 heterocycles. The molecule has 28 heavy (non-hydrogen) atoms. The van der Waals surface area contributed by atoms with Gasteiger partial charge in [0.15, 0.2) is 5.82 Å². The second-order valence-corrected chi connectivity index (χ2v) is 7.96. The van der Waals surface area contributed by atoms with Gasteiger partial charge in [-0.15, -0.1) is 0 Å². The highest BCUT2D eigenvalue weighted by atomic mass is 16.5. The molecule has 1 atom stereocenters. The van der Waals surface area contributed by atoms with Crippen LogP contribution in [0.15, 0.2) is 17.0 Å². The van der Waals surface area contributed by atoms with Gasteiger partial charge in [-0.25, -0.2) is 4.98 Å². The third kappa shape index (κ3) is 4.43. The predicted molar refractivity (Wildman–Crippen MR) is 102 cm³/mol. The number of rotatable bonds is 7. The molecule has 1 saturated heterocycles. The van der Waals surface area contributed by atoms with Gasteiger partial charge in [0.1, 0.15) is 11.7 Å². The molecular weight excluding hydrogens is 358 g/mol. The van der Waals surface area contributed by atoms with Gasteiger partial charge in [0.25, 0.3) is 5.91 Å². The number of carbonyl (C=O) groups excluding carboxylic acids is 1. The van der Waals surface area contributed by atoms with Crippen LogP contribution in [0.1, 0.15) is 73.2 Å². The Kier molecular flexibility index (Phi) is 6.04. The molecule has 1 aliphatic heterocycles. The normalized spacial score (nSPS) is 20.8. The molecule has 4 rings (SSSR count). The molecule has 2 aromatic rings. The molecular formula is C20H29N5O3. The minimum atomic E-state index is -0.177. The standard InChI is InChI=1S/C20H29N5O3/c1-24-12-16(21-14-24)20(26)25-10-5-4-8-17(25)19-22-18(23-28-19)9-11-27-13-15-6-2-3-7-15/h12,14-15,17H,2-11,13H2,1H3. The summed E-state index contributed by atoms with van der Waals surface area (Å²) >= 11 is 0. The van der Waals surface area contributed by atoms with E-state index < -0.39 is 0 Å². The number of nitrogens with zero attached hydrogens (tertiary/aromatic N) is 5. The van der Waals surface area contributed by atoms with Crippen molar-refractivity contribution in [2.24, 2.45) is 13.0 Å². The Morgan fingerprint density at radius 2 is 2.07 bits per heavy atom. The summed E-state index contributed by atoms with van der Waals surface area (Å²) < 4.78 is 13.1. The van der Waals surface area contributed by atoms with Crippen LogP contribution in [-0.2, 0) is 18.2 Å². The minimum absolute atomic E-state index is 0.0788. The first-order valence-electron chi connectivity index (χ1n) is 10.4. The highest BCUT2D eigenvalue weighted by Gasteiger charge is 2.33.